The Morgan fingerprint density at radius 2 is 2.04 bits per heavy atom. The molecule has 4 nitrogen and oxygen atoms in total. The van der Waals surface area contributed by atoms with Gasteiger partial charge in [-0.3, -0.25) is 4.79 Å². The molecule has 0 aliphatic rings. The highest BCUT2D eigenvalue weighted by atomic mass is 79.9. The Morgan fingerprint density at radius 3 is 2.68 bits per heavy atom. The molecule has 0 saturated carbocycles. The van der Waals surface area contributed by atoms with Gasteiger partial charge in [-0.25, -0.2) is 0 Å². The van der Waals surface area contributed by atoms with E-state index in [0.29, 0.717) is 11.3 Å². The Kier molecular flexibility index (Phi) is 6.52. The molecule has 0 aliphatic heterocycles. The quantitative estimate of drug-likeness (QED) is 0.678. The zero-order valence-electron chi connectivity index (χ0n) is 13.6. The van der Waals surface area contributed by atoms with Crippen LogP contribution >= 0.6 is 15.9 Å². The highest BCUT2D eigenvalue weighted by Crippen LogP contribution is 2.33. The van der Waals surface area contributed by atoms with Crippen molar-refractivity contribution >= 4 is 33.6 Å². The molecule has 0 radical (unpaired) electrons. The molecule has 1 N–H and O–H groups in total. The number of amides is 1. The number of methoxy groups -OCH3 is 1. The van der Waals surface area contributed by atoms with Gasteiger partial charge in [-0.1, -0.05) is 28.1 Å². The number of anilines is 1. The number of benzene rings is 2. The Morgan fingerprint density at radius 1 is 1.28 bits per heavy atom. The Balaban J connectivity index is 2.17. The van der Waals surface area contributed by atoms with Crippen LogP contribution in [0.3, 0.4) is 0 Å². The molecular formula is C18H16BrF2NO3. The SMILES string of the molecule is COc1cccc(/C=C/C(=O)Nc2ccc(Br)c(C)c2)c1OC(F)F. The molecule has 0 aromatic heterocycles. The second kappa shape index (κ2) is 8.62. The van der Waals surface area contributed by atoms with Crippen LogP contribution in [0, 0.1) is 6.92 Å². The van der Waals surface area contributed by atoms with Gasteiger partial charge in [0.05, 0.1) is 7.11 Å². The maximum Gasteiger partial charge on any atom is 0.387 e. The van der Waals surface area contributed by atoms with Gasteiger partial charge in [0, 0.05) is 21.8 Å². The van der Waals surface area contributed by atoms with E-state index in [1.807, 2.05) is 19.1 Å². The molecule has 0 unspecified atom stereocenters. The summed E-state index contributed by atoms with van der Waals surface area (Å²) in [4.78, 5) is 12.0. The number of hydrogen-bond acceptors (Lipinski definition) is 3. The van der Waals surface area contributed by atoms with E-state index in [1.165, 1.54) is 25.3 Å². The third-order valence-electron chi connectivity index (χ3n) is 3.28. The first-order chi connectivity index (χ1) is 11.9. The van der Waals surface area contributed by atoms with Crippen molar-refractivity contribution < 1.29 is 23.0 Å². The number of ether oxygens (including phenoxy) is 2. The third kappa shape index (κ3) is 5.29. The number of alkyl halides is 2. The number of carbonyl (C=O) groups is 1. The van der Waals surface area contributed by atoms with Crippen LogP contribution in [0.1, 0.15) is 11.1 Å². The van der Waals surface area contributed by atoms with Crippen LogP contribution in [0.15, 0.2) is 46.9 Å². The minimum absolute atomic E-state index is 0.122. The molecule has 1 amide bonds. The van der Waals surface area contributed by atoms with Gasteiger partial charge in [-0.2, -0.15) is 8.78 Å². The highest BCUT2D eigenvalue weighted by Gasteiger charge is 2.14. The molecule has 2 aromatic rings. The van der Waals surface area contributed by atoms with Crippen LogP contribution in [0.5, 0.6) is 11.5 Å². The lowest BCUT2D eigenvalue weighted by atomic mass is 10.1. The summed E-state index contributed by atoms with van der Waals surface area (Å²) in [5.41, 5.74) is 1.91. The van der Waals surface area contributed by atoms with E-state index in [-0.39, 0.29) is 11.5 Å². The second-order valence-electron chi connectivity index (χ2n) is 5.04. The standard InChI is InChI=1S/C18H16BrF2NO3/c1-11-10-13(7-8-14(11)19)22-16(23)9-6-12-4-3-5-15(24-2)17(12)25-18(20)21/h3-10,18H,1-2H3,(H,22,23)/b9-6+. The summed E-state index contributed by atoms with van der Waals surface area (Å²) in [6.45, 7) is -1.09. The maximum atomic E-state index is 12.6. The minimum atomic E-state index is -3.00. The van der Waals surface area contributed by atoms with Gasteiger partial charge in [-0.05, 0) is 42.8 Å². The van der Waals surface area contributed by atoms with E-state index < -0.39 is 12.5 Å². The van der Waals surface area contributed by atoms with Crippen molar-refractivity contribution in [2.24, 2.45) is 0 Å². The fraction of sp³-hybridized carbons (Fsp3) is 0.167. The molecule has 0 bridgehead atoms. The van der Waals surface area contributed by atoms with E-state index in [1.54, 1.807) is 18.2 Å². The van der Waals surface area contributed by atoms with Gasteiger partial charge >= 0.3 is 6.61 Å². The summed E-state index contributed by atoms with van der Waals surface area (Å²) in [5.74, 6) is -0.359. The molecule has 2 rings (SSSR count). The fourth-order valence-corrected chi connectivity index (χ4v) is 2.36. The molecule has 0 heterocycles. The van der Waals surface area contributed by atoms with Crippen molar-refractivity contribution in [2.75, 3.05) is 12.4 Å². The predicted octanol–water partition coefficient (Wildman–Crippen LogP) is 5.02. The average Bonchev–Trinajstić information content (AvgIpc) is 2.56. The van der Waals surface area contributed by atoms with E-state index in [9.17, 15) is 13.6 Å². The van der Waals surface area contributed by atoms with E-state index in [2.05, 4.69) is 26.0 Å². The molecule has 0 aliphatic carbocycles. The van der Waals surface area contributed by atoms with Crippen LogP contribution in [0.25, 0.3) is 6.08 Å². The summed E-state index contributed by atoms with van der Waals surface area (Å²) >= 11 is 3.38. The monoisotopic (exact) mass is 411 g/mol. The van der Waals surface area contributed by atoms with Gasteiger partial charge in [0.2, 0.25) is 5.91 Å². The predicted molar refractivity (Wildman–Crippen MR) is 96.2 cm³/mol. The smallest absolute Gasteiger partial charge is 0.387 e. The number of aryl methyl sites for hydroxylation is 1. The molecule has 7 heteroatoms. The van der Waals surface area contributed by atoms with Crippen molar-refractivity contribution in [3.63, 3.8) is 0 Å². The molecular weight excluding hydrogens is 396 g/mol. The first-order valence-electron chi connectivity index (χ1n) is 7.27. The number of carbonyl (C=O) groups excluding carboxylic acids is 1. The summed E-state index contributed by atoms with van der Waals surface area (Å²) in [5, 5.41) is 2.70. The van der Waals surface area contributed by atoms with Crippen molar-refractivity contribution in [3.8, 4) is 11.5 Å². The summed E-state index contributed by atoms with van der Waals surface area (Å²) in [6, 6.07) is 10.1. The zero-order chi connectivity index (χ0) is 18.4. The Labute approximate surface area is 152 Å². The van der Waals surface area contributed by atoms with Gasteiger partial charge in [0.15, 0.2) is 11.5 Å². The summed E-state index contributed by atoms with van der Waals surface area (Å²) in [7, 11) is 1.35. The van der Waals surface area contributed by atoms with Crippen LogP contribution in [0.4, 0.5) is 14.5 Å². The number of rotatable bonds is 6. The third-order valence-corrected chi connectivity index (χ3v) is 4.17. The van der Waals surface area contributed by atoms with Crippen LogP contribution in [0.2, 0.25) is 0 Å². The first-order valence-corrected chi connectivity index (χ1v) is 8.07. The van der Waals surface area contributed by atoms with Crippen LogP contribution in [-0.2, 0) is 4.79 Å². The topological polar surface area (TPSA) is 47.6 Å². The first kappa shape index (κ1) is 18.9. The molecule has 0 atom stereocenters. The van der Waals surface area contributed by atoms with Crippen molar-refractivity contribution in [1.29, 1.82) is 0 Å². The lowest BCUT2D eigenvalue weighted by molar-refractivity contribution is -0.111. The van der Waals surface area contributed by atoms with E-state index >= 15 is 0 Å². The molecule has 0 spiro atoms. The Bertz CT molecular complexity index is 794. The lowest BCUT2D eigenvalue weighted by Gasteiger charge is -2.12. The average molecular weight is 412 g/mol. The lowest BCUT2D eigenvalue weighted by Crippen LogP contribution is -2.08. The van der Waals surface area contributed by atoms with Gasteiger partial charge < -0.3 is 14.8 Å². The normalized spacial score (nSPS) is 11.0. The molecule has 25 heavy (non-hydrogen) atoms. The zero-order valence-corrected chi connectivity index (χ0v) is 15.1. The van der Waals surface area contributed by atoms with E-state index in [0.717, 1.165) is 10.0 Å². The number of nitrogens with one attached hydrogen (secondary N) is 1. The Hall–Kier alpha value is -2.41. The van der Waals surface area contributed by atoms with Crippen LogP contribution < -0.4 is 14.8 Å². The summed E-state index contributed by atoms with van der Waals surface area (Å²) in [6.07, 6.45) is 2.63. The molecule has 132 valence electrons. The number of halogens is 3. The number of para-hydroxylation sites is 1. The van der Waals surface area contributed by atoms with Crippen molar-refractivity contribution in [2.45, 2.75) is 13.5 Å². The fourth-order valence-electron chi connectivity index (χ4n) is 2.11. The number of hydrogen-bond donors (Lipinski definition) is 1. The van der Waals surface area contributed by atoms with E-state index in [4.69, 9.17) is 4.74 Å². The molecule has 2 aromatic carbocycles. The largest absolute Gasteiger partial charge is 0.493 e. The summed E-state index contributed by atoms with van der Waals surface area (Å²) < 4.78 is 35.6. The highest BCUT2D eigenvalue weighted by molar-refractivity contribution is 9.10. The van der Waals surface area contributed by atoms with Crippen LogP contribution in [-0.4, -0.2) is 19.6 Å². The molecule has 0 fully saturated rings. The molecule has 0 saturated heterocycles. The van der Waals surface area contributed by atoms with Gasteiger partial charge in [0.25, 0.3) is 0 Å². The minimum Gasteiger partial charge on any atom is -0.493 e. The van der Waals surface area contributed by atoms with Crippen molar-refractivity contribution in [1.82, 2.24) is 0 Å². The van der Waals surface area contributed by atoms with Gasteiger partial charge in [-0.15, -0.1) is 0 Å². The van der Waals surface area contributed by atoms with Crippen molar-refractivity contribution in [3.05, 3.63) is 58.1 Å². The van der Waals surface area contributed by atoms with Gasteiger partial charge in [0.1, 0.15) is 0 Å². The second-order valence-corrected chi connectivity index (χ2v) is 5.90. The maximum absolute atomic E-state index is 12.6.